The first-order valence-electron chi connectivity index (χ1n) is 5.69. The first-order chi connectivity index (χ1) is 9.04. The summed E-state index contributed by atoms with van der Waals surface area (Å²) >= 11 is 11.9. The largest absolute Gasteiger partial charge is 0.508 e. The first-order valence-corrected chi connectivity index (χ1v) is 6.45. The van der Waals surface area contributed by atoms with Gasteiger partial charge in [0.2, 0.25) is 0 Å². The maximum Gasteiger partial charge on any atom is 0.138 e. The van der Waals surface area contributed by atoms with Crippen LogP contribution in [0, 0.1) is 6.92 Å². The number of nitrogens with one attached hydrogen (secondary N) is 1. The molecular weight excluding hydrogens is 283 g/mol. The number of aryl methyl sites for hydroxylation is 1. The van der Waals surface area contributed by atoms with Crippen LogP contribution in [0.2, 0.25) is 10.0 Å². The van der Waals surface area contributed by atoms with Gasteiger partial charge in [-0.3, -0.25) is 0 Å². The molecule has 0 atom stereocenters. The summed E-state index contributed by atoms with van der Waals surface area (Å²) in [5.41, 5.74) is 3.29. The van der Waals surface area contributed by atoms with Crippen LogP contribution in [0.5, 0.6) is 5.75 Å². The number of hydrogen-bond donors (Lipinski definition) is 2. The van der Waals surface area contributed by atoms with E-state index in [1.807, 2.05) is 19.1 Å². The van der Waals surface area contributed by atoms with Crippen molar-refractivity contribution in [2.24, 2.45) is 0 Å². The van der Waals surface area contributed by atoms with E-state index in [-0.39, 0.29) is 5.75 Å². The van der Waals surface area contributed by atoms with Crippen LogP contribution in [0.3, 0.4) is 0 Å². The van der Waals surface area contributed by atoms with Crippen LogP contribution in [0.25, 0.3) is 22.4 Å². The molecule has 0 saturated heterocycles. The Morgan fingerprint density at radius 2 is 1.84 bits per heavy atom. The van der Waals surface area contributed by atoms with Gasteiger partial charge in [-0.05, 0) is 42.8 Å². The molecule has 2 aromatic carbocycles. The second-order valence-corrected chi connectivity index (χ2v) is 5.18. The molecule has 0 aliphatic heterocycles. The number of aromatic hydroxyl groups is 1. The highest BCUT2D eigenvalue weighted by molar-refractivity contribution is 6.42. The molecule has 19 heavy (non-hydrogen) atoms. The highest BCUT2D eigenvalue weighted by atomic mass is 35.5. The van der Waals surface area contributed by atoms with Crippen molar-refractivity contribution in [2.45, 2.75) is 6.92 Å². The minimum absolute atomic E-state index is 0.269. The number of phenols is 1. The van der Waals surface area contributed by atoms with Gasteiger partial charge in [-0.1, -0.05) is 23.2 Å². The van der Waals surface area contributed by atoms with Gasteiger partial charge in [0.15, 0.2) is 0 Å². The Kier molecular flexibility index (Phi) is 2.88. The highest BCUT2D eigenvalue weighted by Gasteiger charge is 2.09. The second kappa shape index (κ2) is 4.44. The molecule has 2 N–H and O–H groups in total. The third-order valence-electron chi connectivity index (χ3n) is 2.99. The number of benzene rings is 2. The third kappa shape index (κ3) is 2.15. The molecule has 0 amide bonds. The Hall–Kier alpha value is -1.71. The predicted octanol–water partition coefficient (Wildman–Crippen LogP) is 4.55. The summed E-state index contributed by atoms with van der Waals surface area (Å²) < 4.78 is 0. The van der Waals surface area contributed by atoms with Crippen molar-refractivity contribution >= 4 is 34.2 Å². The molecule has 5 heteroatoms. The number of imidazole rings is 1. The highest BCUT2D eigenvalue weighted by Crippen LogP contribution is 2.29. The van der Waals surface area contributed by atoms with Crippen LogP contribution in [0.1, 0.15) is 5.56 Å². The minimum Gasteiger partial charge on any atom is -0.508 e. The lowest BCUT2D eigenvalue weighted by Gasteiger charge is -2.00. The fourth-order valence-electron chi connectivity index (χ4n) is 1.94. The van der Waals surface area contributed by atoms with Crippen LogP contribution in [-0.2, 0) is 0 Å². The zero-order chi connectivity index (χ0) is 13.6. The molecule has 0 fully saturated rings. The quantitative estimate of drug-likeness (QED) is 0.691. The van der Waals surface area contributed by atoms with Crippen molar-refractivity contribution < 1.29 is 5.11 Å². The average molecular weight is 293 g/mol. The van der Waals surface area contributed by atoms with E-state index < -0.39 is 0 Å². The number of aromatic amines is 1. The smallest absolute Gasteiger partial charge is 0.138 e. The van der Waals surface area contributed by atoms with Gasteiger partial charge in [-0.2, -0.15) is 0 Å². The van der Waals surface area contributed by atoms with Gasteiger partial charge in [0.05, 0.1) is 21.1 Å². The van der Waals surface area contributed by atoms with Gasteiger partial charge in [0.1, 0.15) is 11.6 Å². The fraction of sp³-hybridized carbons (Fsp3) is 0.0714. The maximum atomic E-state index is 9.54. The van der Waals surface area contributed by atoms with Gasteiger partial charge in [-0.15, -0.1) is 0 Å². The number of rotatable bonds is 1. The van der Waals surface area contributed by atoms with E-state index in [1.54, 1.807) is 18.2 Å². The molecule has 0 aliphatic carbocycles. The topological polar surface area (TPSA) is 48.9 Å². The molecule has 0 radical (unpaired) electrons. The van der Waals surface area contributed by atoms with Gasteiger partial charge >= 0.3 is 0 Å². The normalized spacial score (nSPS) is 11.1. The molecule has 3 aromatic rings. The van der Waals surface area contributed by atoms with Crippen molar-refractivity contribution in [1.29, 1.82) is 0 Å². The van der Waals surface area contributed by atoms with Crippen LogP contribution in [0.15, 0.2) is 30.3 Å². The van der Waals surface area contributed by atoms with Gasteiger partial charge in [0, 0.05) is 5.56 Å². The zero-order valence-electron chi connectivity index (χ0n) is 10.0. The molecule has 0 spiro atoms. The van der Waals surface area contributed by atoms with E-state index in [0.29, 0.717) is 10.0 Å². The number of aromatic nitrogens is 2. The average Bonchev–Trinajstić information content (AvgIpc) is 2.76. The van der Waals surface area contributed by atoms with Crippen molar-refractivity contribution in [3.05, 3.63) is 45.9 Å². The predicted molar refractivity (Wildman–Crippen MR) is 78.0 cm³/mol. The van der Waals surface area contributed by atoms with Crippen LogP contribution in [-0.4, -0.2) is 15.1 Å². The molecule has 0 unspecified atom stereocenters. The first kappa shape index (κ1) is 12.3. The summed E-state index contributed by atoms with van der Waals surface area (Å²) in [6, 6.07) is 8.81. The van der Waals surface area contributed by atoms with E-state index >= 15 is 0 Å². The Balaban J connectivity index is 2.17. The lowest BCUT2D eigenvalue weighted by molar-refractivity contribution is 0.471. The van der Waals surface area contributed by atoms with Crippen LogP contribution >= 0.6 is 23.2 Å². The molecule has 1 aromatic heterocycles. The molecule has 0 saturated carbocycles. The van der Waals surface area contributed by atoms with E-state index in [0.717, 1.165) is 28.0 Å². The van der Waals surface area contributed by atoms with E-state index in [4.69, 9.17) is 23.2 Å². The Morgan fingerprint density at radius 1 is 1.11 bits per heavy atom. The fourth-order valence-corrected chi connectivity index (χ4v) is 2.27. The summed E-state index contributed by atoms with van der Waals surface area (Å²) in [5, 5.41) is 10.5. The van der Waals surface area contributed by atoms with E-state index in [9.17, 15) is 5.11 Å². The number of hydrogen-bond acceptors (Lipinski definition) is 2. The summed E-state index contributed by atoms with van der Waals surface area (Å²) in [6.45, 7) is 1.84. The molecule has 0 aliphatic rings. The maximum absolute atomic E-state index is 9.54. The van der Waals surface area contributed by atoms with Gasteiger partial charge in [0.25, 0.3) is 0 Å². The van der Waals surface area contributed by atoms with E-state index in [2.05, 4.69) is 9.97 Å². The minimum atomic E-state index is 0.269. The second-order valence-electron chi connectivity index (χ2n) is 4.37. The van der Waals surface area contributed by atoms with Crippen molar-refractivity contribution in [3.63, 3.8) is 0 Å². The summed E-state index contributed by atoms with van der Waals surface area (Å²) in [5.74, 6) is 0.988. The summed E-state index contributed by atoms with van der Waals surface area (Å²) in [4.78, 5) is 7.67. The lowest BCUT2D eigenvalue weighted by atomic mass is 10.1. The molecular formula is C14H10Cl2N2O. The van der Waals surface area contributed by atoms with Gasteiger partial charge in [-0.25, -0.2) is 4.98 Å². The Morgan fingerprint density at radius 3 is 2.58 bits per heavy atom. The molecule has 1 heterocycles. The summed E-state index contributed by atoms with van der Waals surface area (Å²) in [7, 11) is 0. The van der Waals surface area contributed by atoms with E-state index in [1.165, 1.54) is 0 Å². The van der Waals surface area contributed by atoms with Crippen molar-refractivity contribution in [2.75, 3.05) is 0 Å². The molecule has 0 bridgehead atoms. The third-order valence-corrected chi connectivity index (χ3v) is 3.72. The molecule has 3 nitrogen and oxygen atoms in total. The number of H-pyrrole nitrogens is 1. The monoisotopic (exact) mass is 292 g/mol. The zero-order valence-corrected chi connectivity index (χ0v) is 11.5. The SMILES string of the molecule is Cc1cc(-c2nc3cc(Cl)c(Cl)cc3[nH]2)ccc1O. The van der Waals surface area contributed by atoms with Crippen LogP contribution < -0.4 is 0 Å². The van der Waals surface area contributed by atoms with Crippen LogP contribution in [0.4, 0.5) is 0 Å². The standard InChI is InChI=1S/C14H10Cl2N2O/c1-7-4-8(2-3-13(7)19)14-17-11-5-9(15)10(16)6-12(11)18-14/h2-6,19H,1H3,(H,17,18). The Bertz CT molecular complexity index is 741. The number of phenolic OH excluding ortho intramolecular Hbond substituents is 1. The van der Waals surface area contributed by atoms with Crippen molar-refractivity contribution in [1.82, 2.24) is 9.97 Å². The van der Waals surface area contributed by atoms with Gasteiger partial charge < -0.3 is 10.1 Å². The lowest BCUT2D eigenvalue weighted by Crippen LogP contribution is -1.82. The number of fused-ring (bicyclic) bond motifs is 1. The number of nitrogens with zero attached hydrogens (tertiary/aromatic N) is 1. The Labute approximate surface area is 119 Å². The summed E-state index contributed by atoms with van der Waals surface area (Å²) in [6.07, 6.45) is 0. The molecule has 3 rings (SSSR count). The molecule has 96 valence electrons. The number of halogens is 2. The van der Waals surface area contributed by atoms with Crippen molar-refractivity contribution in [3.8, 4) is 17.1 Å².